The molecule has 4 aliphatic rings. The van der Waals surface area contributed by atoms with Crippen LogP contribution in [0, 0.1) is 23.7 Å². The summed E-state index contributed by atoms with van der Waals surface area (Å²) in [5.74, 6) is 0.0660. The zero-order valence-corrected chi connectivity index (χ0v) is 14.6. The van der Waals surface area contributed by atoms with E-state index in [1.54, 1.807) is 18.2 Å². The number of ether oxygens (including phenoxy) is 1. The van der Waals surface area contributed by atoms with Gasteiger partial charge < -0.3 is 4.74 Å². The van der Waals surface area contributed by atoms with Gasteiger partial charge in [0.15, 0.2) is 0 Å². The highest BCUT2D eigenvalue weighted by Crippen LogP contribution is 2.49. The van der Waals surface area contributed by atoms with Crippen molar-refractivity contribution in [1.29, 1.82) is 0 Å². The van der Waals surface area contributed by atoms with Crippen molar-refractivity contribution in [2.75, 3.05) is 6.61 Å². The lowest BCUT2D eigenvalue weighted by Crippen LogP contribution is -2.38. The molecule has 25 heavy (non-hydrogen) atoms. The zero-order valence-electron chi connectivity index (χ0n) is 13.9. The van der Waals surface area contributed by atoms with Crippen molar-refractivity contribution in [2.45, 2.75) is 19.8 Å². The molecule has 3 aliphatic carbocycles. The van der Waals surface area contributed by atoms with E-state index in [4.69, 9.17) is 16.3 Å². The first-order valence-electron chi connectivity index (χ1n) is 8.62. The Morgan fingerprint density at radius 1 is 1.20 bits per heavy atom. The largest absolute Gasteiger partial charge is 0.493 e. The average Bonchev–Trinajstić information content (AvgIpc) is 2.89. The first kappa shape index (κ1) is 16.3. The van der Waals surface area contributed by atoms with Gasteiger partial charge in [-0.25, -0.2) is 0 Å². The smallest absolute Gasteiger partial charge is 0.254 e. The van der Waals surface area contributed by atoms with Gasteiger partial charge in [0.25, 0.3) is 11.8 Å². The Hall–Kier alpha value is -2.14. The first-order valence-corrected chi connectivity index (χ1v) is 9.00. The molecule has 0 N–H and O–H groups in total. The van der Waals surface area contributed by atoms with Gasteiger partial charge in [-0.15, -0.1) is 0 Å². The molecule has 1 saturated heterocycles. The van der Waals surface area contributed by atoms with Crippen LogP contribution in [0.5, 0.6) is 5.75 Å². The number of nitrogens with zero attached hydrogens (tertiary/aromatic N) is 2. The number of allylic oxidation sites excluding steroid dienone is 2. The van der Waals surface area contributed by atoms with Crippen LogP contribution in [0.3, 0.4) is 0 Å². The fourth-order valence-corrected chi connectivity index (χ4v) is 4.38. The highest BCUT2D eigenvalue weighted by atomic mass is 35.5. The fraction of sp³-hybridized carbons (Fsp3) is 0.421. The summed E-state index contributed by atoms with van der Waals surface area (Å²) < 4.78 is 5.55. The van der Waals surface area contributed by atoms with E-state index in [-0.39, 0.29) is 35.5 Å². The van der Waals surface area contributed by atoms with Crippen molar-refractivity contribution in [3.8, 4) is 5.75 Å². The van der Waals surface area contributed by atoms with Crippen molar-refractivity contribution < 1.29 is 14.3 Å². The first-order chi connectivity index (χ1) is 12.1. The van der Waals surface area contributed by atoms with Crippen LogP contribution in [0.25, 0.3) is 0 Å². The molecule has 2 amide bonds. The van der Waals surface area contributed by atoms with Crippen LogP contribution < -0.4 is 4.74 Å². The van der Waals surface area contributed by atoms with Crippen LogP contribution in [0.2, 0.25) is 5.02 Å². The van der Waals surface area contributed by atoms with Crippen LogP contribution in [0.4, 0.5) is 0 Å². The molecule has 1 aromatic rings. The molecule has 2 bridgehead atoms. The molecule has 1 saturated carbocycles. The second-order valence-corrected chi connectivity index (χ2v) is 7.13. The van der Waals surface area contributed by atoms with E-state index >= 15 is 0 Å². The van der Waals surface area contributed by atoms with Gasteiger partial charge >= 0.3 is 0 Å². The Bertz CT molecular complexity index is 757. The molecular weight excluding hydrogens is 340 g/mol. The van der Waals surface area contributed by atoms with Crippen LogP contribution in [0.1, 0.15) is 25.3 Å². The number of fused-ring (bicyclic) bond motifs is 1. The second kappa shape index (κ2) is 6.30. The van der Waals surface area contributed by atoms with E-state index in [0.29, 0.717) is 22.9 Å². The highest BCUT2D eigenvalue weighted by molar-refractivity contribution is 6.30. The minimum atomic E-state index is -0.251. The van der Waals surface area contributed by atoms with Crippen molar-refractivity contribution >= 4 is 29.6 Å². The number of imide groups is 1. The molecule has 5 rings (SSSR count). The molecule has 130 valence electrons. The minimum Gasteiger partial charge on any atom is -0.493 e. The molecule has 1 heterocycles. The summed E-state index contributed by atoms with van der Waals surface area (Å²) >= 11 is 6.04. The summed E-state index contributed by atoms with van der Waals surface area (Å²) in [7, 11) is 0. The Morgan fingerprint density at radius 2 is 1.84 bits per heavy atom. The molecule has 0 unspecified atom stereocenters. The summed E-state index contributed by atoms with van der Waals surface area (Å²) in [6.07, 6.45) is 7.62. The van der Waals surface area contributed by atoms with Gasteiger partial charge in [0, 0.05) is 10.6 Å². The van der Waals surface area contributed by atoms with Crippen molar-refractivity contribution in [3.63, 3.8) is 0 Å². The lowest BCUT2D eigenvalue weighted by Gasteiger charge is -2.37. The number of carbonyl (C=O) groups is 2. The third-order valence-corrected chi connectivity index (χ3v) is 5.56. The maximum atomic E-state index is 12.7. The number of amides is 2. The lowest BCUT2D eigenvalue weighted by molar-refractivity contribution is -0.140. The van der Waals surface area contributed by atoms with E-state index in [1.165, 1.54) is 6.21 Å². The van der Waals surface area contributed by atoms with Gasteiger partial charge in [-0.3, -0.25) is 9.59 Å². The van der Waals surface area contributed by atoms with E-state index < -0.39 is 0 Å². The zero-order chi connectivity index (χ0) is 17.6. The molecule has 0 spiro atoms. The number of hydrazone groups is 1. The summed E-state index contributed by atoms with van der Waals surface area (Å²) in [5, 5.41) is 5.79. The van der Waals surface area contributed by atoms with E-state index in [9.17, 15) is 9.59 Å². The van der Waals surface area contributed by atoms with Crippen molar-refractivity contribution in [2.24, 2.45) is 28.8 Å². The fourth-order valence-electron chi connectivity index (χ4n) is 4.20. The Kier molecular flexibility index (Phi) is 4.12. The van der Waals surface area contributed by atoms with Gasteiger partial charge in [-0.1, -0.05) is 23.8 Å². The third kappa shape index (κ3) is 2.67. The Balaban J connectivity index is 1.62. The summed E-state index contributed by atoms with van der Waals surface area (Å²) in [6, 6.07) is 5.19. The number of hydrogen-bond acceptors (Lipinski definition) is 4. The van der Waals surface area contributed by atoms with Crippen LogP contribution in [-0.4, -0.2) is 29.6 Å². The molecule has 1 aliphatic heterocycles. The maximum absolute atomic E-state index is 12.7. The molecule has 2 fully saturated rings. The van der Waals surface area contributed by atoms with Gasteiger partial charge in [0.2, 0.25) is 0 Å². The van der Waals surface area contributed by atoms with E-state index in [1.807, 2.05) is 6.92 Å². The number of halogens is 1. The third-order valence-electron chi connectivity index (χ3n) is 5.32. The van der Waals surface area contributed by atoms with Crippen LogP contribution in [-0.2, 0) is 9.59 Å². The summed E-state index contributed by atoms with van der Waals surface area (Å²) in [5.41, 5.74) is 0.644. The topological polar surface area (TPSA) is 59.0 Å². The van der Waals surface area contributed by atoms with Crippen LogP contribution >= 0.6 is 11.6 Å². The predicted octanol–water partition coefficient (Wildman–Crippen LogP) is 3.27. The van der Waals surface area contributed by atoms with E-state index in [2.05, 4.69) is 17.3 Å². The second-order valence-electron chi connectivity index (χ2n) is 6.69. The normalized spacial score (nSPS) is 30.4. The average molecular weight is 359 g/mol. The lowest BCUT2D eigenvalue weighted by atomic mass is 9.63. The molecule has 0 radical (unpaired) electrons. The number of hydrogen-bond donors (Lipinski definition) is 0. The molecular formula is C19H19ClN2O3. The SMILES string of the molecule is CCOc1ccc(Cl)cc1/C=N\N1C(=O)[C@@H]2[C@@H](C1=O)[C@H]1C=C[C@H]2CC1. The summed E-state index contributed by atoms with van der Waals surface area (Å²) in [4.78, 5) is 25.5. The van der Waals surface area contributed by atoms with Gasteiger partial charge in [-0.2, -0.15) is 10.1 Å². The maximum Gasteiger partial charge on any atom is 0.254 e. The van der Waals surface area contributed by atoms with Crippen molar-refractivity contribution in [3.05, 3.63) is 40.9 Å². The minimum absolute atomic E-state index is 0.164. The number of carbonyl (C=O) groups excluding carboxylic acids is 2. The van der Waals surface area contributed by atoms with Crippen LogP contribution in [0.15, 0.2) is 35.5 Å². The predicted molar refractivity (Wildman–Crippen MR) is 94.4 cm³/mol. The number of rotatable bonds is 4. The molecule has 6 heteroatoms. The standard InChI is InChI=1S/C19H19ClN2O3/c1-2-25-15-8-7-14(20)9-13(15)10-21-22-18(23)16-11-3-4-12(6-5-11)17(16)19(22)24/h3-4,7-12,16-17H,2,5-6H2,1H3/b21-10-/t11-,12-,16-,17-/m0/s1. The number of benzene rings is 1. The van der Waals surface area contributed by atoms with Gasteiger partial charge in [-0.05, 0) is 49.8 Å². The molecule has 4 atom stereocenters. The molecule has 0 aromatic heterocycles. The highest BCUT2D eigenvalue weighted by Gasteiger charge is 2.56. The van der Waals surface area contributed by atoms with Crippen molar-refractivity contribution in [1.82, 2.24) is 5.01 Å². The molecule has 1 aromatic carbocycles. The quantitative estimate of drug-likeness (QED) is 0.471. The molecule has 5 nitrogen and oxygen atoms in total. The summed E-state index contributed by atoms with van der Waals surface area (Å²) in [6.45, 7) is 2.39. The Morgan fingerprint density at radius 3 is 2.40 bits per heavy atom. The Labute approximate surface area is 151 Å². The van der Waals surface area contributed by atoms with Gasteiger partial charge in [0.05, 0.1) is 24.7 Å². The monoisotopic (exact) mass is 358 g/mol. The van der Waals surface area contributed by atoms with Gasteiger partial charge in [0.1, 0.15) is 5.75 Å². The van der Waals surface area contributed by atoms with E-state index in [0.717, 1.165) is 17.9 Å².